The summed E-state index contributed by atoms with van der Waals surface area (Å²) in [4.78, 5) is 11.7. The molecule has 0 N–H and O–H groups in total. The Bertz CT molecular complexity index is 500. The Kier molecular flexibility index (Phi) is 6.17. The van der Waals surface area contributed by atoms with Crippen molar-refractivity contribution in [3.8, 4) is 11.8 Å². The maximum absolute atomic E-state index is 11.7. The van der Waals surface area contributed by atoms with E-state index in [2.05, 4.69) is 0 Å². The van der Waals surface area contributed by atoms with E-state index in [1.807, 2.05) is 25.1 Å². The lowest BCUT2D eigenvalue weighted by atomic mass is 10.1. The average Bonchev–Trinajstić information content (AvgIpc) is 2.45. The normalized spacial score (nSPS) is 10.7. The van der Waals surface area contributed by atoms with Gasteiger partial charge < -0.3 is 9.47 Å². The van der Waals surface area contributed by atoms with Gasteiger partial charge in [0, 0.05) is 5.56 Å². The number of para-hydroxylation sites is 1. The van der Waals surface area contributed by atoms with Gasteiger partial charge >= 0.3 is 5.97 Å². The molecular formula is C15H17NO3. The molecule has 4 heteroatoms. The van der Waals surface area contributed by atoms with E-state index in [0.717, 1.165) is 12.8 Å². The molecule has 19 heavy (non-hydrogen) atoms. The first kappa shape index (κ1) is 14.8. The second kappa shape index (κ2) is 7.93. The molecule has 0 aliphatic carbocycles. The second-order valence-corrected chi connectivity index (χ2v) is 3.90. The molecule has 1 aromatic rings. The minimum atomic E-state index is -0.596. The highest BCUT2D eigenvalue weighted by molar-refractivity contribution is 5.98. The van der Waals surface area contributed by atoms with Crippen molar-refractivity contribution in [1.29, 1.82) is 5.26 Å². The van der Waals surface area contributed by atoms with Crippen LogP contribution in [0, 0.1) is 11.3 Å². The highest BCUT2D eigenvalue weighted by Crippen LogP contribution is 2.20. The van der Waals surface area contributed by atoms with Crippen molar-refractivity contribution in [3.05, 3.63) is 35.4 Å². The third kappa shape index (κ3) is 4.47. The molecule has 0 aliphatic rings. The predicted molar refractivity (Wildman–Crippen MR) is 72.5 cm³/mol. The average molecular weight is 259 g/mol. The summed E-state index contributed by atoms with van der Waals surface area (Å²) >= 11 is 0. The van der Waals surface area contributed by atoms with Gasteiger partial charge in [-0.3, -0.25) is 0 Å². The SMILES string of the molecule is CCCCOC(=O)/C(C#N)=C\c1ccccc1OC. The number of benzene rings is 1. The summed E-state index contributed by atoms with van der Waals surface area (Å²) in [5.41, 5.74) is 0.648. The summed E-state index contributed by atoms with van der Waals surface area (Å²) in [6.07, 6.45) is 3.21. The molecule has 0 atom stereocenters. The van der Waals surface area contributed by atoms with E-state index in [-0.39, 0.29) is 5.57 Å². The molecule has 4 nitrogen and oxygen atoms in total. The van der Waals surface area contributed by atoms with Crippen LogP contribution in [0.4, 0.5) is 0 Å². The van der Waals surface area contributed by atoms with Gasteiger partial charge in [-0.2, -0.15) is 5.26 Å². The molecule has 1 rings (SSSR count). The lowest BCUT2D eigenvalue weighted by Gasteiger charge is -2.05. The van der Waals surface area contributed by atoms with Crippen LogP contribution in [0.15, 0.2) is 29.8 Å². The maximum Gasteiger partial charge on any atom is 0.348 e. The van der Waals surface area contributed by atoms with Gasteiger partial charge in [-0.05, 0) is 18.6 Å². The van der Waals surface area contributed by atoms with Crippen LogP contribution in [0.1, 0.15) is 25.3 Å². The first-order chi connectivity index (χ1) is 9.22. The highest BCUT2D eigenvalue weighted by atomic mass is 16.5. The van der Waals surface area contributed by atoms with Crippen molar-refractivity contribution < 1.29 is 14.3 Å². The zero-order valence-corrected chi connectivity index (χ0v) is 11.2. The van der Waals surface area contributed by atoms with Crippen LogP contribution in [-0.4, -0.2) is 19.7 Å². The van der Waals surface area contributed by atoms with Crippen molar-refractivity contribution >= 4 is 12.0 Å². The van der Waals surface area contributed by atoms with Gasteiger partial charge in [-0.15, -0.1) is 0 Å². The lowest BCUT2D eigenvalue weighted by Crippen LogP contribution is -2.07. The van der Waals surface area contributed by atoms with Gasteiger partial charge in [0.25, 0.3) is 0 Å². The fraction of sp³-hybridized carbons (Fsp3) is 0.333. The third-order valence-corrected chi connectivity index (χ3v) is 2.51. The standard InChI is InChI=1S/C15H17NO3/c1-3-4-9-19-15(17)13(11-16)10-12-7-5-6-8-14(12)18-2/h5-8,10H,3-4,9H2,1-2H3/b13-10-. The second-order valence-electron chi connectivity index (χ2n) is 3.90. The van der Waals surface area contributed by atoms with Gasteiger partial charge in [0.2, 0.25) is 0 Å². The monoisotopic (exact) mass is 259 g/mol. The van der Waals surface area contributed by atoms with E-state index in [0.29, 0.717) is 17.9 Å². The quantitative estimate of drug-likeness (QED) is 0.341. The number of nitrogens with zero attached hydrogens (tertiary/aromatic N) is 1. The number of carbonyl (C=O) groups excluding carboxylic acids is 1. The van der Waals surface area contributed by atoms with E-state index < -0.39 is 5.97 Å². The van der Waals surface area contributed by atoms with Crippen molar-refractivity contribution in [3.63, 3.8) is 0 Å². The van der Waals surface area contributed by atoms with Crippen molar-refractivity contribution in [2.24, 2.45) is 0 Å². The number of nitriles is 1. The summed E-state index contributed by atoms with van der Waals surface area (Å²) in [7, 11) is 1.54. The molecular weight excluding hydrogens is 242 g/mol. The Morgan fingerprint density at radius 1 is 1.42 bits per heavy atom. The van der Waals surface area contributed by atoms with Crippen molar-refractivity contribution in [2.45, 2.75) is 19.8 Å². The van der Waals surface area contributed by atoms with Crippen molar-refractivity contribution in [1.82, 2.24) is 0 Å². The van der Waals surface area contributed by atoms with Crippen LogP contribution in [-0.2, 0) is 9.53 Å². The number of esters is 1. The third-order valence-electron chi connectivity index (χ3n) is 2.51. The number of ether oxygens (including phenoxy) is 2. The summed E-state index contributed by atoms with van der Waals surface area (Å²) in [5, 5.41) is 9.02. The van der Waals surface area contributed by atoms with Gasteiger partial charge in [0.15, 0.2) is 0 Å². The van der Waals surface area contributed by atoms with Gasteiger partial charge in [0.05, 0.1) is 13.7 Å². The lowest BCUT2D eigenvalue weighted by molar-refractivity contribution is -0.138. The van der Waals surface area contributed by atoms with Crippen LogP contribution in [0.5, 0.6) is 5.75 Å². The van der Waals surface area contributed by atoms with E-state index in [1.54, 1.807) is 12.1 Å². The number of hydrogen-bond donors (Lipinski definition) is 0. The van der Waals surface area contributed by atoms with Crippen LogP contribution >= 0.6 is 0 Å². The smallest absolute Gasteiger partial charge is 0.348 e. The molecule has 0 unspecified atom stereocenters. The molecule has 0 aliphatic heterocycles. The van der Waals surface area contributed by atoms with E-state index >= 15 is 0 Å². The Hall–Kier alpha value is -2.28. The van der Waals surface area contributed by atoms with E-state index in [9.17, 15) is 4.79 Å². The Morgan fingerprint density at radius 3 is 2.79 bits per heavy atom. The molecule has 0 saturated heterocycles. The Labute approximate surface area is 113 Å². The maximum atomic E-state index is 11.7. The highest BCUT2D eigenvalue weighted by Gasteiger charge is 2.11. The number of unbranched alkanes of at least 4 members (excludes halogenated alkanes) is 1. The van der Waals surface area contributed by atoms with E-state index in [4.69, 9.17) is 14.7 Å². The molecule has 0 aromatic heterocycles. The molecule has 0 saturated carbocycles. The zero-order chi connectivity index (χ0) is 14.1. The molecule has 0 amide bonds. The minimum absolute atomic E-state index is 0.0272. The molecule has 0 radical (unpaired) electrons. The number of methoxy groups -OCH3 is 1. The van der Waals surface area contributed by atoms with Crippen LogP contribution in [0.25, 0.3) is 6.08 Å². The molecule has 0 spiro atoms. The summed E-state index contributed by atoms with van der Waals surface area (Å²) < 4.78 is 10.2. The minimum Gasteiger partial charge on any atom is -0.496 e. The number of carbonyl (C=O) groups is 1. The van der Waals surface area contributed by atoms with Crippen molar-refractivity contribution in [2.75, 3.05) is 13.7 Å². The predicted octanol–water partition coefficient (Wildman–Crippen LogP) is 2.95. The van der Waals surface area contributed by atoms with Crippen LogP contribution in [0.2, 0.25) is 0 Å². The van der Waals surface area contributed by atoms with E-state index in [1.165, 1.54) is 13.2 Å². The molecule has 0 heterocycles. The topological polar surface area (TPSA) is 59.3 Å². The fourth-order valence-corrected chi connectivity index (χ4v) is 1.46. The zero-order valence-electron chi connectivity index (χ0n) is 11.2. The van der Waals surface area contributed by atoms with Gasteiger partial charge in [-0.1, -0.05) is 31.5 Å². The Morgan fingerprint density at radius 2 is 2.16 bits per heavy atom. The largest absolute Gasteiger partial charge is 0.496 e. The molecule has 0 fully saturated rings. The fourth-order valence-electron chi connectivity index (χ4n) is 1.46. The van der Waals surface area contributed by atoms with Crippen LogP contribution in [0.3, 0.4) is 0 Å². The molecule has 100 valence electrons. The Balaban J connectivity index is 2.87. The molecule has 1 aromatic carbocycles. The summed E-state index contributed by atoms with van der Waals surface area (Å²) in [5.74, 6) is 0.0125. The van der Waals surface area contributed by atoms with Gasteiger partial charge in [0.1, 0.15) is 17.4 Å². The summed E-state index contributed by atoms with van der Waals surface area (Å²) in [6, 6.07) is 9.03. The number of hydrogen-bond acceptors (Lipinski definition) is 4. The number of rotatable bonds is 6. The van der Waals surface area contributed by atoms with Gasteiger partial charge in [-0.25, -0.2) is 4.79 Å². The first-order valence-corrected chi connectivity index (χ1v) is 6.14. The van der Waals surface area contributed by atoms with Crippen LogP contribution < -0.4 is 4.74 Å². The molecule has 0 bridgehead atoms. The summed E-state index contributed by atoms with van der Waals surface area (Å²) in [6.45, 7) is 2.34. The first-order valence-electron chi connectivity index (χ1n) is 6.14.